The molecule has 2 rings (SSSR count). The first-order chi connectivity index (χ1) is 7.33. The van der Waals surface area contributed by atoms with E-state index in [1.165, 1.54) is 0 Å². The molecule has 0 aliphatic carbocycles. The Morgan fingerprint density at radius 3 is 2.80 bits per heavy atom. The van der Waals surface area contributed by atoms with Crippen molar-refractivity contribution in [3.63, 3.8) is 0 Å². The fourth-order valence-corrected chi connectivity index (χ4v) is 1.17. The van der Waals surface area contributed by atoms with Crippen molar-refractivity contribution in [3.05, 3.63) is 29.7 Å². The minimum Gasteiger partial charge on any atom is -0.332 e. The van der Waals surface area contributed by atoms with Crippen LogP contribution in [-0.4, -0.2) is 15.1 Å². The van der Waals surface area contributed by atoms with E-state index < -0.39 is 0 Å². The molecule has 0 spiro atoms. The lowest BCUT2D eigenvalue weighted by Crippen LogP contribution is -1.96. The van der Waals surface area contributed by atoms with Crippen LogP contribution in [0.25, 0.3) is 11.6 Å². The fraction of sp³-hybridized carbons (Fsp3) is 0.300. The highest BCUT2D eigenvalue weighted by Crippen LogP contribution is 2.14. The van der Waals surface area contributed by atoms with Gasteiger partial charge >= 0.3 is 0 Å². The van der Waals surface area contributed by atoms with Crippen molar-refractivity contribution in [2.75, 3.05) is 0 Å². The summed E-state index contributed by atoms with van der Waals surface area (Å²) in [5, 5.41) is 3.80. The second-order valence-corrected chi connectivity index (χ2v) is 3.13. The molecule has 0 aromatic carbocycles. The molecule has 15 heavy (non-hydrogen) atoms. The van der Waals surface area contributed by atoms with Crippen molar-refractivity contribution in [2.45, 2.75) is 19.9 Å². The molecule has 2 heterocycles. The van der Waals surface area contributed by atoms with E-state index in [9.17, 15) is 0 Å². The molecule has 2 N–H and O–H groups in total. The molecule has 0 aliphatic heterocycles. The first-order valence-corrected chi connectivity index (χ1v) is 4.81. The molecule has 2 aromatic rings. The van der Waals surface area contributed by atoms with Crippen molar-refractivity contribution < 1.29 is 4.52 Å². The van der Waals surface area contributed by atoms with Crippen molar-refractivity contribution in [3.8, 4) is 11.6 Å². The second-order valence-electron chi connectivity index (χ2n) is 3.13. The van der Waals surface area contributed by atoms with Crippen molar-refractivity contribution >= 4 is 0 Å². The number of nitrogens with zero attached hydrogens (tertiary/aromatic N) is 3. The number of nitrogens with two attached hydrogens (primary N) is 1. The number of rotatable bonds is 3. The summed E-state index contributed by atoms with van der Waals surface area (Å²) in [5.74, 6) is 1.14. The standard InChI is InChI=1S/C10H12N4O/c1-2-9-13-10(15-14-9)8-4-3-7(5-11)6-12-8/h3-4,6H,2,5,11H2,1H3. The average molecular weight is 204 g/mol. The third-order valence-corrected chi connectivity index (χ3v) is 2.06. The second kappa shape index (κ2) is 4.18. The maximum absolute atomic E-state index is 5.47. The topological polar surface area (TPSA) is 77.8 Å². The van der Waals surface area contributed by atoms with Crippen LogP contribution >= 0.6 is 0 Å². The molecule has 5 heteroatoms. The molecule has 0 fully saturated rings. The van der Waals surface area contributed by atoms with Crippen LogP contribution in [0.2, 0.25) is 0 Å². The van der Waals surface area contributed by atoms with E-state index in [0.717, 1.165) is 12.0 Å². The van der Waals surface area contributed by atoms with Gasteiger partial charge in [0.05, 0.1) is 0 Å². The zero-order chi connectivity index (χ0) is 10.7. The molecule has 0 radical (unpaired) electrons. The van der Waals surface area contributed by atoms with Gasteiger partial charge in [-0.05, 0) is 11.6 Å². The maximum atomic E-state index is 5.47. The van der Waals surface area contributed by atoms with E-state index in [4.69, 9.17) is 10.3 Å². The van der Waals surface area contributed by atoms with Crippen molar-refractivity contribution in [1.29, 1.82) is 0 Å². The van der Waals surface area contributed by atoms with Gasteiger partial charge in [0.25, 0.3) is 5.89 Å². The Labute approximate surface area is 87.3 Å². The summed E-state index contributed by atoms with van der Waals surface area (Å²) in [6, 6.07) is 3.73. The van der Waals surface area contributed by atoms with Gasteiger partial charge in [-0.3, -0.25) is 4.98 Å². The van der Waals surface area contributed by atoms with Gasteiger partial charge in [-0.2, -0.15) is 4.98 Å². The van der Waals surface area contributed by atoms with Gasteiger partial charge in [-0.25, -0.2) is 0 Å². The Hall–Kier alpha value is -1.75. The summed E-state index contributed by atoms with van der Waals surface area (Å²) < 4.78 is 5.06. The van der Waals surface area contributed by atoms with Gasteiger partial charge in [-0.15, -0.1) is 0 Å². The molecule has 0 bridgehead atoms. The normalized spacial score (nSPS) is 10.5. The Morgan fingerprint density at radius 2 is 2.27 bits per heavy atom. The first-order valence-electron chi connectivity index (χ1n) is 4.81. The molecule has 0 unspecified atom stereocenters. The van der Waals surface area contributed by atoms with E-state index in [0.29, 0.717) is 24.0 Å². The van der Waals surface area contributed by atoms with Crippen LogP contribution in [-0.2, 0) is 13.0 Å². The van der Waals surface area contributed by atoms with Crippen LogP contribution in [0.4, 0.5) is 0 Å². The number of hydrogen-bond donors (Lipinski definition) is 1. The molecule has 78 valence electrons. The molecule has 2 aromatic heterocycles. The van der Waals surface area contributed by atoms with Crippen LogP contribution in [0, 0.1) is 0 Å². The summed E-state index contributed by atoms with van der Waals surface area (Å²) in [5.41, 5.74) is 7.13. The smallest absolute Gasteiger partial charge is 0.276 e. The number of aryl methyl sites for hydroxylation is 1. The lowest BCUT2D eigenvalue weighted by Gasteiger charge is -1.96. The summed E-state index contributed by atoms with van der Waals surface area (Å²) >= 11 is 0. The SMILES string of the molecule is CCc1noc(-c2ccc(CN)cn2)n1. The molecular formula is C10H12N4O. The van der Waals surface area contributed by atoms with Gasteiger partial charge < -0.3 is 10.3 Å². The lowest BCUT2D eigenvalue weighted by molar-refractivity contribution is 0.422. The summed E-state index contributed by atoms with van der Waals surface area (Å²) in [7, 11) is 0. The predicted octanol–water partition coefficient (Wildman–Crippen LogP) is 1.15. The highest BCUT2D eigenvalue weighted by atomic mass is 16.5. The third kappa shape index (κ3) is 2.02. The van der Waals surface area contributed by atoms with Gasteiger partial charge in [0, 0.05) is 19.2 Å². The molecule has 0 saturated carbocycles. The van der Waals surface area contributed by atoms with Gasteiger partial charge in [0.15, 0.2) is 5.82 Å². The van der Waals surface area contributed by atoms with Crippen LogP contribution in [0.1, 0.15) is 18.3 Å². The zero-order valence-electron chi connectivity index (χ0n) is 8.47. The molecule has 0 amide bonds. The van der Waals surface area contributed by atoms with Crippen LogP contribution < -0.4 is 5.73 Å². The predicted molar refractivity (Wildman–Crippen MR) is 54.8 cm³/mol. The highest BCUT2D eigenvalue weighted by molar-refractivity contribution is 5.46. The largest absolute Gasteiger partial charge is 0.332 e. The van der Waals surface area contributed by atoms with Crippen LogP contribution in [0.3, 0.4) is 0 Å². The first kappa shape index (κ1) is 9.79. The van der Waals surface area contributed by atoms with E-state index in [-0.39, 0.29) is 0 Å². The highest BCUT2D eigenvalue weighted by Gasteiger charge is 2.08. The molecule has 0 saturated heterocycles. The third-order valence-electron chi connectivity index (χ3n) is 2.06. The number of hydrogen-bond acceptors (Lipinski definition) is 5. The monoisotopic (exact) mass is 204 g/mol. The summed E-state index contributed by atoms with van der Waals surface area (Å²) in [6.07, 6.45) is 2.47. The van der Waals surface area contributed by atoms with Gasteiger partial charge in [0.1, 0.15) is 5.69 Å². The summed E-state index contributed by atoms with van der Waals surface area (Å²) in [4.78, 5) is 8.37. The fourth-order valence-electron chi connectivity index (χ4n) is 1.17. The van der Waals surface area contributed by atoms with E-state index in [1.807, 2.05) is 19.1 Å². The average Bonchev–Trinajstić information content (AvgIpc) is 2.78. The Morgan fingerprint density at radius 1 is 1.40 bits per heavy atom. The zero-order valence-corrected chi connectivity index (χ0v) is 8.47. The minimum atomic E-state index is 0.454. The van der Waals surface area contributed by atoms with Gasteiger partial charge in [-0.1, -0.05) is 18.1 Å². The lowest BCUT2D eigenvalue weighted by atomic mass is 10.2. The number of aromatic nitrogens is 3. The summed E-state index contributed by atoms with van der Waals surface area (Å²) in [6.45, 7) is 2.46. The van der Waals surface area contributed by atoms with Gasteiger partial charge in [0.2, 0.25) is 0 Å². The van der Waals surface area contributed by atoms with E-state index in [1.54, 1.807) is 6.20 Å². The molecular weight excluding hydrogens is 192 g/mol. The Kier molecular flexibility index (Phi) is 2.73. The minimum absolute atomic E-state index is 0.454. The Balaban J connectivity index is 2.28. The van der Waals surface area contributed by atoms with E-state index in [2.05, 4.69) is 15.1 Å². The van der Waals surface area contributed by atoms with Crippen LogP contribution in [0.15, 0.2) is 22.9 Å². The molecule has 0 aliphatic rings. The van der Waals surface area contributed by atoms with E-state index >= 15 is 0 Å². The van der Waals surface area contributed by atoms with Crippen LogP contribution in [0.5, 0.6) is 0 Å². The number of pyridine rings is 1. The molecule has 0 atom stereocenters. The van der Waals surface area contributed by atoms with Crippen molar-refractivity contribution in [1.82, 2.24) is 15.1 Å². The Bertz CT molecular complexity index is 435. The molecule has 5 nitrogen and oxygen atoms in total. The maximum Gasteiger partial charge on any atom is 0.276 e. The quantitative estimate of drug-likeness (QED) is 0.811. The van der Waals surface area contributed by atoms with Crippen molar-refractivity contribution in [2.24, 2.45) is 5.73 Å².